The van der Waals surface area contributed by atoms with E-state index < -0.39 is 11.6 Å². The predicted octanol–water partition coefficient (Wildman–Crippen LogP) is 4.14. The molecule has 6 heteroatoms. The summed E-state index contributed by atoms with van der Waals surface area (Å²) in [5, 5.41) is 1.44. The van der Waals surface area contributed by atoms with Crippen molar-refractivity contribution in [1.82, 2.24) is 0 Å². The van der Waals surface area contributed by atoms with E-state index in [2.05, 4.69) is 0 Å². The quantitative estimate of drug-likeness (QED) is 0.314. The molecule has 0 aliphatic carbocycles. The molecule has 0 radical (unpaired) electrons. The minimum Gasteiger partial charge on any atom is -0.493 e. The van der Waals surface area contributed by atoms with Gasteiger partial charge in [0.25, 0.3) is 0 Å². The molecular weight excluding hydrogens is 336 g/mol. The fraction of sp³-hybridized carbons (Fsp3) is 0.100. The lowest BCUT2D eigenvalue weighted by atomic mass is 10.1. The number of hydrogen-bond donors (Lipinski definition) is 0. The zero-order valence-corrected chi connectivity index (χ0v) is 14.1. The second-order valence-corrected chi connectivity index (χ2v) is 5.72. The molecule has 0 saturated heterocycles. The van der Waals surface area contributed by atoms with Crippen LogP contribution in [-0.2, 0) is 4.79 Å². The van der Waals surface area contributed by atoms with Gasteiger partial charge < -0.3 is 18.3 Å². The van der Waals surface area contributed by atoms with Crippen LogP contribution in [0.1, 0.15) is 6.92 Å². The van der Waals surface area contributed by atoms with Crippen LogP contribution < -0.4 is 15.1 Å². The highest BCUT2D eigenvalue weighted by molar-refractivity contribution is 5.96. The standard InChI is InChI=1S/C20H14O6/c1-11(21)24-13-6-7-16-14(9-13)15(10-19(22)25-16)18-8-12-4-3-5-17(23-2)20(12)26-18/h3-10H,1-2H3. The summed E-state index contributed by atoms with van der Waals surface area (Å²) in [6.45, 7) is 1.32. The smallest absolute Gasteiger partial charge is 0.336 e. The van der Waals surface area contributed by atoms with Crippen LogP contribution in [-0.4, -0.2) is 13.1 Å². The number of methoxy groups -OCH3 is 1. The number of fused-ring (bicyclic) bond motifs is 2. The van der Waals surface area contributed by atoms with Gasteiger partial charge in [0.05, 0.1) is 7.11 Å². The van der Waals surface area contributed by atoms with Crippen molar-refractivity contribution in [2.24, 2.45) is 0 Å². The third-order valence-electron chi connectivity index (χ3n) is 3.97. The van der Waals surface area contributed by atoms with Gasteiger partial charge in [-0.25, -0.2) is 4.79 Å². The van der Waals surface area contributed by atoms with Crippen LogP contribution in [0.5, 0.6) is 11.5 Å². The first-order chi connectivity index (χ1) is 12.5. The van der Waals surface area contributed by atoms with E-state index in [9.17, 15) is 9.59 Å². The molecule has 0 N–H and O–H groups in total. The maximum atomic E-state index is 12.0. The molecule has 2 heterocycles. The van der Waals surface area contributed by atoms with Crippen LogP contribution in [0.2, 0.25) is 0 Å². The van der Waals surface area contributed by atoms with Gasteiger partial charge in [0.2, 0.25) is 0 Å². The molecule has 0 spiro atoms. The molecule has 26 heavy (non-hydrogen) atoms. The maximum Gasteiger partial charge on any atom is 0.336 e. The summed E-state index contributed by atoms with van der Waals surface area (Å²) in [6, 6.07) is 13.5. The zero-order valence-electron chi connectivity index (χ0n) is 14.1. The molecule has 2 aromatic carbocycles. The molecule has 4 aromatic rings. The number of benzene rings is 2. The Labute approximate surface area is 147 Å². The van der Waals surface area contributed by atoms with Crippen molar-refractivity contribution in [3.05, 3.63) is 59.0 Å². The summed E-state index contributed by atoms with van der Waals surface area (Å²) < 4.78 is 21.6. The van der Waals surface area contributed by atoms with E-state index in [4.69, 9.17) is 18.3 Å². The van der Waals surface area contributed by atoms with Crippen molar-refractivity contribution >= 4 is 27.9 Å². The van der Waals surface area contributed by atoms with Crippen LogP contribution in [0.3, 0.4) is 0 Å². The molecule has 6 nitrogen and oxygen atoms in total. The molecule has 0 unspecified atom stereocenters. The van der Waals surface area contributed by atoms with E-state index in [-0.39, 0.29) is 0 Å². The Balaban J connectivity index is 1.97. The summed E-state index contributed by atoms with van der Waals surface area (Å²) in [7, 11) is 1.56. The first-order valence-electron chi connectivity index (χ1n) is 7.88. The Hall–Kier alpha value is -3.54. The number of carbonyl (C=O) groups excluding carboxylic acids is 1. The van der Waals surface area contributed by atoms with E-state index in [1.807, 2.05) is 18.2 Å². The largest absolute Gasteiger partial charge is 0.493 e. The van der Waals surface area contributed by atoms with Crippen LogP contribution in [0.4, 0.5) is 0 Å². The molecule has 2 aromatic heterocycles. The molecule has 4 rings (SSSR count). The van der Waals surface area contributed by atoms with E-state index in [1.165, 1.54) is 13.0 Å². The van der Waals surface area contributed by atoms with Crippen LogP contribution >= 0.6 is 0 Å². The lowest BCUT2D eigenvalue weighted by Gasteiger charge is -2.06. The number of ether oxygens (including phenoxy) is 2. The lowest BCUT2D eigenvalue weighted by molar-refractivity contribution is -0.131. The second-order valence-electron chi connectivity index (χ2n) is 5.72. The third-order valence-corrected chi connectivity index (χ3v) is 3.97. The fourth-order valence-corrected chi connectivity index (χ4v) is 2.91. The summed E-state index contributed by atoms with van der Waals surface area (Å²) in [6.07, 6.45) is 0. The molecule has 0 amide bonds. The average Bonchev–Trinajstić information content (AvgIpc) is 3.04. The molecule has 0 aliphatic heterocycles. The monoisotopic (exact) mass is 350 g/mol. The number of carbonyl (C=O) groups is 1. The van der Waals surface area contributed by atoms with Crippen molar-refractivity contribution < 1.29 is 23.1 Å². The van der Waals surface area contributed by atoms with E-state index in [1.54, 1.807) is 31.4 Å². The zero-order chi connectivity index (χ0) is 18.3. The van der Waals surface area contributed by atoms with Gasteiger partial charge in [-0.05, 0) is 30.3 Å². The molecule has 0 fully saturated rings. The van der Waals surface area contributed by atoms with Crippen LogP contribution in [0.25, 0.3) is 33.3 Å². The second kappa shape index (κ2) is 6.07. The SMILES string of the molecule is COc1cccc2cc(-c3cc(=O)oc4ccc(OC(C)=O)cc34)oc12. The minimum absolute atomic E-state index is 0.355. The molecule has 0 aliphatic rings. The van der Waals surface area contributed by atoms with Crippen molar-refractivity contribution in [1.29, 1.82) is 0 Å². The molecular formula is C20H14O6. The minimum atomic E-state index is -0.500. The van der Waals surface area contributed by atoms with Gasteiger partial charge in [-0.15, -0.1) is 0 Å². The first kappa shape index (κ1) is 16.0. The van der Waals surface area contributed by atoms with Gasteiger partial charge in [0, 0.05) is 29.3 Å². The van der Waals surface area contributed by atoms with Crippen LogP contribution in [0, 0.1) is 0 Å². The predicted molar refractivity (Wildman–Crippen MR) is 95.6 cm³/mol. The number of furan rings is 1. The van der Waals surface area contributed by atoms with E-state index >= 15 is 0 Å². The summed E-state index contributed by atoms with van der Waals surface area (Å²) in [4.78, 5) is 23.2. The van der Waals surface area contributed by atoms with E-state index in [0.717, 1.165) is 5.39 Å². The van der Waals surface area contributed by atoms with Crippen molar-refractivity contribution in [2.75, 3.05) is 7.11 Å². The van der Waals surface area contributed by atoms with Gasteiger partial charge in [0.15, 0.2) is 11.3 Å². The molecule has 130 valence electrons. The fourth-order valence-electron chi connectivity index (χ4n) is 2.91. The molecule has 0 bridgehead atoms. The van der Waals surface area contributed by atoms with Crippen molar-refractivity contribution in [3.63, 3.8) is 0 Å². The first-order valence-corrected chi connectivity index (χ1v) is 7.88. The van der Waals surface area contributed by atoms with Gasteiger partial charge in [-0.1, -0.05) is 12.1 Å². The summed E-state index contributed by atoms with van der Waals surface area (Å²) in [5.41, 5.74) is 1.00. The number of para-hydroxylation sites is 1. The van der Waals surface area contributed by atoms with Crippen molar-refractivity contribution in [2.45, 2.75) is 6.92 Å². The Morgan fingerprint density at radius 2 is 1.88 bits per heavy atom. The van der Waals surface area contributed by atoms with Crippen LogP contribution in [0.15, 0.2) is 62.2 Å². The topological polar surface area (TPSA) is 78.9 Å². The Kier molecular flexibility index (Phi) is 3.73. The highest BCUT2D eigenvalue weighted by Crippen LogP contribution is 2.36. The Bertz CT molecular complexity index is 1200. The normalized spacial score (nSPS) is 11.0. The van der Waals surface area contributed by atoms with E-state index in [0.29, 0.717) is 39.4 Å². The molecule has 0 atom stereocenters. The Morgan fingerprint density at radius 3 is 2.65 bits per heavy atom. The number of hydrogen-bond acceptors (Lipinski definition) is 6. The summed E-state index contributed by atoms with van der Waals surface area (Å²) in [5.74, 6) is 1.01. The maximum absolute atomic E-state index is 12.0. The number of esters is 1. The third kappa shape index (κ3) is 2.71. The summed E-state index contributed by atoms with van der Waals surface area (Å²) >= 11 is 0. The molecule has 0 saturated carbocycles. The average molecular weight is 350 g/mol. The van der Waals surface area contributed by atoms with Gasteiger partial charge >= 0.3 is 11.6 Å². The lowest BCUT2D eigenvalue weighted by Crippen LogP contribution is -2.02. The number of rotatable bonds is 3. The Morgan fingerprint density at radius 1 is 1.04 bits per heavy atom. The van der Waals surface area contributed by atoms with Crippen molar-refractivity contribution in [3.8, 4) is 22.8 Å². The van der Waals surface area contributed by atoms with Gasteiger partial charge in [0.1, 0.15) is 17.1 Å². The highest BCUT2D eigenvalue weighted by atomic mass is 16.5. The highest BCUT2D eigenvalue weighted by Gasteiger charge is 2.15. The van der Waals surface area contributed by atoms with Gasteiger partial charge in [-0.3, -0.25) is 4.79 Å². The van der Waals surface area contributed by atoms with Gasteiger partial charge in [-0.2, -0.15) is 0 Å².